The van der Waals surface area contributed by atoms with Crippen molar-refractivity contribution in [2.45, 2.75) is 32.2 Å². The lowest BCUT2D eigenvalue weighted by molar-refractivity contribution is -0.132. The average molecular weight is 277 g/mol. The summed E-state index contributed by atoms with van der Waals surface area (Å²) in [6.07, 6.45) is 2.86. The summed E-state index contributed by atoms with van der Waals surface area (Å²) in [5, 5.41) is 0.768. The predicted octanol–water partition coefficient (Wildman–Crippen LogP) is 1.71. The van der Waals surface area contributed by atoms with Crippen LogP contribution in [0, 0.1) is 0 Å². The third-order valence-electron chi connectivity index (χ3n) is 3.25. The summed E-state index contributed by atoms with van der Waals surface area (Å²) in [4.78, 5) is 16.1. The number of halogens is 1. The molecule has 1 saturated heterocycles. The Labute approximate surface area is 101 Å². The lowest BCUT2D eigenvalue weighted by atomic mass is 10.0. The zero-order valence-electron chi connectivity index (χ0n) is 9.71. The van der Waals surface area contributed by atoms with Gasteiger partial charge in [0.15, 0.2) is 0 Å². The van der Waals surface area contributed by atoms with Crippen molar-refractivity contribution in [3.63, 3.8) is 0 Å². The molecular weight excluding hydrogens is 256 g/mol. The highest BCUT2D eigenvalue weighted by atomic mass is 79.9. The summed E-state index contributed by atoms with van der Waals surface area (Å²) in [5.74, 6) is 0.266. The van der Waals surface area contributed by atoms with E-state index in [1.807, 2.05) is 11.9 Å². The molecule has 0 atom stereocenters. The van der Waals surface area contributed by atoms with E-state index in [4.69, 9.17) is 0 Å². The van der Waals surface area contributed by atoms with Gasteiger partial charge in [0.1, 0.15) is 0 Å². The molecule has 0 aromatic heterocycles. The van der Waals surface area contributed by atoms with Crippen LogP contribution in [0.5, 0.6) is 0 Å². The topological polar surface area (TPSA) is 23.6 Å². The molecular formula is C11H21BrN2O. The molecule has 0 N–H and O–H groups in total. The van der Waals surface area contributed by atoms with Gasteiger partial charge in [-0.15, -0.1) is 0 Å². The van der Waals surface area contributed by atoms with Crippen LogP contribution in [0.3, 0.4) is 0 Å². The van der Waals surface area contributed by atoms with Crippen LogP contribution in [0.2, 0.25) is 0 Å². The number of hydrogen-bond donors (Lipinski definition) is 0. The van der Waals surface area contributed by atoms with Crippen molar-refractivity contribution >= 4 is 21.8 Å². The van der Waals surface area contributed by atoms with Gasteiger partial charge < -0.3 is 9.80 Å². The highest BCUT2D eigenvalue weighted by molar-refractivity contribution is 9.09. The van der Waals surface area contributed by atoms with Crippen molar-refractivity contribution in [2.75, 3.05) is 32.0 Å². The van der Waals surface area contributed by atoms with Crippen LogP contribution >= 0.6 is 15.9 Å². The van der Waals surface area contributed by atoms with Crippen molar-refractivity contribution in [3.05, 3.63) is 0 Å². The van der Waals surface area contributed by atoms with Crippen molar-refractivity contribution in [1.29, 1.82) is 0 Å². The first-order chi connectivity index (χ1) is 7.19. The van der Waals surface area contributed by atoms with Gasteiger partial charge in [0.25, 0.3) is 0 Å². The number of likely N-dealkylation sites (tertiary alicyclic amines) is 1. The summed E-state index contributed by atoms with van der Waals surface area (Å²) < 4.78 is 0. The first-order valence-electron chi connectivity index (χ1n) is 5.73. The molecule has 3 nitrogen and oxygen atoms in total. The van der Waals surface area contributed by atoms with Gasteiger partial charge in [-0.25, -0.2) is 0 Å². The summed E-state index contributed by atoms with van der Waals surface area (Å²) in [6, 6.07) is 0.458. The Balaban J connectivity index is 2.35. The Morgan fingerprint density at radius 2 is 2.07 bits per heavy atom. The summed E-state index contributed by atoms with van der Waals surface area (Å²) >= 11 is 3.31. The van der Waals surface area contributed by atoms with Crippen molar-refractivity contribution in [1.82, 2.24) is 9.80 Å². The van der Waals surface area contributed by atoms with Gasteiger partial charge in [-0.05, 0) is 19.4 Å². The summed E-state index contributed by atoms with van der Waals surface area (Å²) in [7, 11) is 1.94. The number of alkyl halides is 1. The van der Waals surface area contributed by atoms with E-state index in [1.165, 1.54) is 0 Å². The van der Waals surface area contributed by atoms with E-state index in [0.29, 0.717) is 12.5 Å². The summed E-state index contributed by atoms with van der Waals surface area (Å²) in [6.45, 7) is 5.59. The summed E-state index contributed by atoms with van der Waals surface area (Å²) in [5.41, 5.74) is 0. The van der Waals surface area contributed by atoms with E-state index < -0.39 is 0 Å². The first-order valence-corrected chi connectivity index (χ1v) is 6.85. The molecule has 4 heteroatoms. The SMILES string of the molecule is CCN1CCC(N(C)C(=O)CCBr)CC1. The standard InChI is InChI=1S/C11H21BrN2O/c1-3-14-8-5-10(6-9-14)13(2)11(15)4-7-12/h10H,3-9H2,1-2H3. The number of carbonyl (C=O) groups excluding carboxylic acids is 1. The van der Waals surface area contributed by atoms with Gasteiger partial charge in [0.05, 0.1) is 0 Å². The van der Waals surface area contributed by atoms with Gasteiger partial charge in [0.2, 0.25) is 5.91 Å². The minimum Gasteiger partial charge on any atom is -0.343 e. The second-order valence-electron chi connectivity index (χ2n) is 4.11. The molecule has 1 fully saturated rings. The lowest BCUT2D eigenvalue weighted by Crippen LogP contribution is -2.45. The van der Waals surface area contributed by atoms with Crippen LogP contribution in [0.1, 0.15) is 26.2 Å². The van der Waals surface area contributed by atoms with Crippen LogP contribution < -0.4 is 0 Å². The minimum absolute atomic E-state index is 0.266. The number of rotatable bonds is 4. The Morgan fingerprint density at radius 3 is 2.53 bits per heavy atom. The quantitative estimate of drug-likeness (QED) is 0.730. The fraction of sp³-hybridized carbons (Fsp3) is 0.909. The lowest BCUT2D eigenvalue weighted by Gasteiger charge is -2.36. The van der Waals surface area contributed by atoms with Gasteiger partial charge in [-0.1, -0.05) is 22.9 Å². The number of nitrogens with zero attached hydrogens (tertiary/aromatic N) is 2. The number of piperidine rings is 1. The third kappa shape index (κ3) is 3.76. The molecule has 0 radical (unpaired) electrons. The van der Waals surface area contributed by atoms with Gasteiger partial charge >= 0.3 is 0 Å². The zero-order chi connectivity index (χ0) is 11.3. The monoisotopic (exact) mass is 276 g/mol. The Bertz CT molecular complexity index is 203. The van der Waals surface area contributed by atoms with Crippen LogP contribution in [0.15, 0.2) is 0 Å². The fourth-order valence-electron chi connectivity index (χ4n) is 2.08. The van der Waals surface area contributed by atoms with Crippen molar-refractivity contribution in [3.8, 4) is 0 Å². The van der Waals surface area contributed by atoms with E-state index in [-0.39, 0.29) is 5.91 Å². The van der Waals surface area contributed by atoms with E-state index in [0.717, 1.165) is 37.8 Å². The van der Waals surface area contributed by atoms with Gasteiger partial charge in [-0.3, -0.25) is 4.79 Å². The van der Waals surface area contributed by atoms with Crippen molar-refractivity contribution in [2.24, 2.45) is 0 Å². The molecule has 1 aliphatic rings. The zero-order valence-corrected chi connectivity index (χ0v) is 11.3. The Morgan fingerprint density at radius 1 is 1.47 bits per heavy atom. The maximum Gasteiger partial charge on any atom is 0.223 e. The number of carbonyl (C=O) groups is 1. The molecule has 0 aromatic carbocycles. The molecule has 0 saturated carbocycles. The van der Waals surface area contributed by atoms with E-state index in [1.54, 1.807) is 0 Å². The van der Waals surface area contributed by atoms with Crippen LogP contribution in [-0.4, -0.2) is 53.8 Å². The molecule has 0 aromatic rings. The maximum atomic E-state index is 11.7. The molecule has 1 rings (SSSR count). The second kappa shape index (κ2) is 6.48. The molecule has 0 unspecified atom stereocenters. The van der Waals surface area contributed by atoms with Crippen LogP contribution in [-0.2, 0) is 4.79 Å². The van der Waals surface area contributed by atoms with E-state index in [9.17, 15) is 4.79 Å². The molecule has 1 aliphatic heterocycles. The smallest absolute Gasteiger partial charge is 0.223 e. The Hall–Kier alpha value is -0.0900. The van der Waals surface area contributed by atoms with Gasteiger partial charge in [0, 0.05) is 37.9 Å². The largest absolute Gasteiger partial charge is 0.343 e. The van der Waals surface area contributed by atoms with Crippen molar-refractivity contribution < 1.29 is 4.79 Å². The molecule has 88 valence electrons. The number of hydrogen-bond acceptors (Lipinski definition) is 2. The van der Waals surface area contributed by atoms with Crippen LogP contribution in [0.25, 0.3) is 0 Å². The third-order valence-corrected chi connectivity index (χ3v) is 3.65. The first kappa shape index (κ1) is 13.0. The Kier molecular flexibility index (Phi) is 5.61. The molecule has 0 spiro atoms. The van der Waals surface area contributed by atoms with Crippen LogP contribution in [0.4, 0.5) is 0 Å². The highest BCUT2D eigenvalue weighted by Crippen LogP contribution is 2.15. The molecule has 1 heterocycles. The number of amides is 1. The van der Waals surface area contributed by atoms with Gasteiger partial charge in [-0.2, -0.15) is 0 Å². The second-order valence-corrected chi connectivity index (χ2v) is 4.90. The molecule has 15 heavy (non-hydrogen) atoms. The fourth-order valence-corrected chi connectivity index (χ4v) is 2.42. The maximum absolute atomic E-state index is 11.7. The minimum atomic E-state index is 0.266. The predicted molar refractivity (Wildman–Crippen MR) is 66.3 cm³/mol. The highest BCUT2D eigenvalue weighted by Gasteiger charge is 2.23. The van der Waals surface area contributed by atoms with E-state index in [2.05, 4.69) is 27.8 Å². The molecule has 0 aliphatic carbocycles. The average Bonchev–Trinajstić information content (AvgIpc) is 2.28. The normalized spacial score (nSPS) is 19.1. The van der Waals surface area contributed by atoms with E-state index >= 15 is 0 Å². The molecule has 0 bridgehead atoms. The molecule has 1 amide bonds.